The van der Waals surface area contributed by atoms with E-state index < -0.39 is 5.92 Å². The van der Waals surface area contributed by atoms with Crippen molar-refractivity contribution in [1.29, 1.82) is 0 Å². The molecular weight excluding hydrogens is 174 g/mol. The van der Waals surface area contributed by atoms with Crippen LogP contribution in [0.2, 0.25) is 0 Å². The summed E-state index contributed by atoms with van der Waals surface area (Å²) < 4.78 is 24.7. The highest BCUT2D eigenvalue weighted by Gasteiger charge is 2.21. The molecule has 0 saturated carbocycles. The van der Waals surface area contributed by atoms with Gasteiger partial charge in [0, 0.05) is 13.0 Å². The Bertz CT molecular complexity index is 138. The highest BCUT2D eigenvalue weighted by atomic mass is 19.3. The summed E-state index contributed by atoms with van der Waals surface area (Å²) in [7, 11) is 0. The van der Waals surface area contributed by atoms with Crippen molar-refractivity contribution < 1.29 is 13.9 Å². The third-order valence-corrected chi connectivity index (χ3v) is 2.15. The third-order valence-electron chi connectivity index (χ3n) is 2.15. The molecule has 0 aromatic rings. The summed E-state index contributed by atoms with van der Waals surface area (Å²) in [6.45, 7) is 4.95. The summed E-state index contributed by atoms with van der Waals surface area (Å²) in [6.07, 6.45) is 2.05. The van der Waals surface area contributed by atoms with E-state index in [-0.39, 0.29) is 18.4 Å². The van der Waals surface area contributed by atoms with E-state index in [2.05, 4.69) is 0 Å². The summed E-state index contributed by atoms with van der Waals surface area (Å²) in [6, 6.07) is 0. The van der Waals surface area contributed by atoms with E-state index in [1.807, 2.05) is 13.8 Å². The molecule has 0 spiro atoms. The third kappa shape index (κ3) is 8.16. The Morgan fingerprint density at radius 2 is 1.46 bits per heavy atom. The SMILES string of the molecule is CC(F)(F)CCCCC(C)(C)CO. The molecule has 0 heterocycles. The van der Waals surface area contributed by atoms with Crippen molar-refractivity contribution in [3.05, 3.63) is 0 Å². The molecule has 0 aromatic carbocycles. The first-order valence-corrected chi connectivity index (χ1v) is 4.75. The molecule has 1 nitrogen and oxygen atoms in total. The Labute approximate surface area is 79.1 Å². The second-order valence-corrected chi connectivity index (χ2v) is 4.60. The van der Waals surface area contributed by atoms with E-state index >= 15 is 0 Å². The number of aliphatic hydroxyl groups is 1. The zero-order valence-electron chi connectivity index (χ0n) is 8.74. The number of alkyl halides is 2. The van der Waals surface area contributed by atoms with Gasteiger partial charge >= 0.3 is 0 Å². The molecule has 0 unspecified atom stereocenters. The quantitative estimate of drug-likeness (QED) is 0.644. The van der Waals surface area contributed by atoms with Crippen molar-refractivity contribution in [2.24, 2.45) is 5.41 Å². The van der Waals surface area contributed by atoms with Crippen LogP contribution in [-0.2, 0) is 0 Å². The summed E-state index contributed by atoms with van der Waals surface area (Å²) in [5.41, 5.74) is -0.122. The van der Waals surface area contributed by atoms with Gasteiger partial charge in [-0.3, -0.25) is 0 Å². The standard InChI is InChI=1S/C10H20F2O/c1-9(2,8-13)6-4-5-7-10(3,11)12/h13H,4-8H2,1-3H3. The number of aliphatic hydroxyl groups excluding tert-OH is 1. The Morgan fingerprint density at radius 3 is 1.85 bits per heavy atom. The zero-order chi connectivity index (χ0) is 10.5. The van der Waals surface area contributed by atoms with Crippen LogP contribution in [0.1, 0.15) is 46.5 Å². The van der Waals surface area contributed by atoms with Crippen LogP contribution in [0.4, 0.5) is 8.78 Å². The van der Waals surface area contributed by atoms with Gasteiger partial charge in [-0.2, -0.15) is 0 Å². The van der Waals surface area contributed by atoms with Crippen molar-refractivity contribution in [3.8, 4) is 0 Å². The van der Waals surface area contributed by atoms with Gasteiger partial charge in [0.25, 0.3) is 0 Å². The Kier molecular flexibility index (Phi) is 4.82. The van der Waals surface area contributed by atoms with Crippen LogP contribution >= 0.6 is 0 Å². The number of hydrogen-bond donors (Lipinski definition) is 1. The minimum Gasteiger partial charge on any atom is -0.396 e. The van der Waals surface area contributed by atoms with E-state index in [1.54, 1.807) is 0 Å². The zero-order valence-corrected chi connectivity index (χ0v) is 8.74. The minimum atomic E-state index is -2.54. The van der Waals surface area contributed by atoms with Crippen molar-refractivity contribution in [2.75, 3.05) is 6.61 Å². The van der Waals surface area contributed by atoms with E-state index in [9.17, 15) is 8.78 Å². The molecule has 0 rings (SSSR count). The molecule has 0 amide bonds. The second-order valence-electron chi connectivity index (χ2n) is 4.60. The molecule has 0 fully saturated rings. The van der Waals surface area contributed by atoms with Gasteiger partial charge in [0.2, 0.25) is 5.92 Å². The van der Waals surface area contributed by atoms with Gasteiger partial charge in [-0.05, 0) is 25.2 Å². The molecule has 0 atom stereocenters. The molecule has 1 N–H and O–H groups in total. The smallest absolute Gasteiger partial charge is 0.245 e. The van der Waals surface area contributed by atoms with Gasteiger partial charge in [-0.25, -0.2) is 8.78 Å². The Hall–Kier alpha value is -0.180. The van der Waals surface area contributed by atoms with Crippen molar-refractivity contribution in [1.82, 2.24) is 0 Å². The average Bonchev–Trinajstić information content (AvgIpc) is 1.97. The molecule has 80 valence electrons. The first kappa shape index (κ1) is 12.8. The number of rotatable bonds is 6. The van der Waals surface area contributed by atoms with Crippen LogP contribution < -0.4 is 0 Å². The van der Waals surface area contributed by atoms with Crippen LogP contribution in [0.25, 0.3) is 0 Å². The van der Waals surface area contributed by atoms with Crippen LogP contribution in [0.5, 0.6) is 0 Å². The minimum absolute atomic E-state index is 0.0471. The lowest BCUT2D eigenvalue weighted by Crippen LogP contribution is -2.17. The lowest BCUT2D eigenvalue weighted by atomic mass is 9.88. The summed E-state index contributed by atoms with van der Waals surface area (Å²) in [5.74, 6) is -2.54. The van der Waals surface area contributed by atoms with Crippen molar-refractivity contribution in [2.45, 2.75) is 52.4 Å². The molecule has 0 saturated heterocycles. The van der Waals surface area contributed by atoms with E-state index in [0.717, 1.165) is 19.8 Å². The molecular formula is C10H20F2O. The first-order valence-electron chi connectivity index (χ1n) is 4.75. The number of halogens is 2. The largest absolute Gasteiger partial charge is 0.396 e. The fraction of sp³-hybridized carbons (Fsp3) is 1.00. The predicted molar refractivity (Wildman–Crippen MR) is 50.0 cm³/mol. The van der Waals surface area contributed by atoms with Gasteiger partial charge in [0.1, 0.15) is 0 Å². The normalized spacial score (nSPS) is 13.4. The molecule has 0 aliphatic heterocycles. The summed E-state index contributed by atoms with van der Waals surface area (Å²) >= 11 is 0. The Morgan fingerprint density at radius 1 is 1.00 bits per heavy atom. The monoisotopic (exact) mass is 194 g/mol. The van der Waals surface area contributed by atoms with Gasteiger partial charge in [-0.15, -0.1) is 0 Å². The topological polar surface area (TPSA) is 20.2 Å². The number of unbranched alkanes of at least 4 members (excludes halogenated alkanes) is 1. The van der Waals surface area contributed by atoms with E-state index in [1.165, 1.54) is 0 Å². The summed E-state index contributed by atoms with van der Waals surface area (Å²) in [5, 5.41) is 8.91. The van der Waals surface area contributed by atoms with Crippen LogP contribution in [0, 0.1) is 5.41 Å². The van der Waals surface area contributed by atoms with Gasteiger partial charge < -0.3 is 5.11 Å². The van der Waals surface area contributed by atoms with Crippen LogP contribution in [0.3, 0.4) is 0 Å². The summed E-state index contributed by atoms with van der Waals surface area (Å²) in [4.78, 5) is 0. The maximum absolute atomic E-state index is 12.4. The van der Waals surface area contributed by atoms with Gasteiger partial charge in [0.05, 0.1) is 0 Å². The molecule has 0 aliphatic carbocycles. The average molecular weight is 194 g/mol. The Balaban J connectivity index is 3.47. The molecule has 0 aliphatic rings. The predicted octanol–water partition coefficient (Wildman–Crippen LogP) is 3.22. The van der Waals surface area contributed by atoms with E-state index in [4.69, 9.17) is 5.11 Å². The molecule has 0 aromatic heterocycles. The van der Waals surface area contributed by atoms with Crippen molar-refractivity contribution >= 4 is 0 Å². The highest BCUT2D eigenvalue weighted by Crippen LogP contribution is 2.25. The fourth-order valence-electron chi connectivity index (χ4n) is 1.12. The molecule has 13 heavy (non-hydrogen) atoms. The maximum atomic E-state index is 12.4. The molecule has 0 radical (unpaired) electrons. The van der Waals surface area contributed by atoms with Gasteiger partial charge in [-0.1, -0.05) is 20.3 Å². The number of hydrogen-bond acceptors (Lipinski definition) is 1. The van der Waals surface area contributed by atoms with Crippen LogP contribution in [-0.4, -0.2) is 17.6 Å². The maximum Gasteiger partial charge on any atom is 0.245 e. The van der Waals surface area contributed by atoms with E-state index in [0.29, 0.717) is 6.42 Å². The van der Waals surface area contributed by atoms with Crippen LogP contribution in [0.15, 0.2) is 0 Å². The lowest BCUT2D eigenvalue weighted by Gasteiger charge is -2.21. The van der Waals surface area contributed by atoms with Crippen molar-refractivity contribution in [3.63, 3.8) is 0 Å². The fourth-order valence-corrected chi connectivity index (χ4v) is 1.12. The second kappa shape index (κ2) is 4.89. The lowest BCUT2D eigenvalue weighted by molar-refractivity contribution is 0.00928. The first-order chi connectivity index (χ1) is 5.77. The van der Waals surface area contributed by atoms with Gasteiger partial charge in [0.15, 0.2) is 0 Å². The molecule has 3 heteroatoms. The highest BCUT2D eigenvalue weighted by molar-refractivity contribution is 4.67. The molecule has 0 bridgehead atoms.